The average molecular weight is 290 g/mol. The van der Waals surface area contributed by atoms with Crippen molar-refractivity contribution in [2.24, 2.45) is 0 Å². The van der Waals surface area contributed by atoms with Crippen LogP contribution < -0.4 is 9.80 Å². The maximum atomic E-state index is 12.3. The highest BCUT2D eigenvalue weighted by Crippen LogP contribution is 2.32. The number of ether oxygens (including phenoxy) is 1. The van der Waals surface area contributed by atoms with Gasteiger partial charge >= 0.3 is 6.09 Å². The number of amides is 1. The van der Waals surface area contributed by atoms with Crippen LogP contribution in [0.4, 0.5) is 16.2 Å². The summed E-state index contributed by atoms with van der Waals surface area (Å²) in [7, 11) is 3.84. The first kappa shape index (κ1) is 15.4. The number of carbonyl (C=O) groups is 2. The van der Waals surface area contributed by atoms with Crippen molar-refractivity contribution in [1.29, 1.82) is 0 Å². The van der Waals surface area contributed by atoms with E-state index in [1.54, 1.807) is 11.0 Å². The Bertz CT molecular complexity index is 573. The van der Waals surface area contributed by atoms with Crippen molar-refractivity contribution in [2.45, 2.75) is 32.8 Å². The van der Waals surface area contributed by atoms with E-state index in [0.717, 1.165) is 5.69 Å². The first-order valence-corrected chi connectivity index (χ1v) is 7.04. The van der Waals surface area contributed by atoms with Gasteiger partial charge < -0.3 is 9.64 Å². The summed E-state index contributed by atoms with van der Waals surface area (Å²) >= 11 is 0. The number of Topliss-reactive ketones (excluding diaryl/α,β-unsaturated/α-hetero) is 1. The molecule has 1 aromatic carbocycles. The second kappa shape index (κ2) is 5.39. The topological polar surface area (TPSA) is 49.9 Å². The monoisotopic (exact) mass is 290 g/mol. The number of rotatable bonds is 1. The van der Waals surface area contributed by atoms with E-state index in [0.29, 0.717) is 24.2 Å². The van der Waals surface area contributed by atoms with Crippen LogP contribution in [-0.4, -0.2) is 38.1 Å². The highest BCUT2D eigenvalue weighted by molar-refractivity contribution is 6.08. The van der Waals surface area contributed by atoms with E-state index in [9.17, 15) is 9.59 Å². The van der Waals surface area contributed by atoms with Gasteiger partial charge in [-0.15, -0.1) is 0 Å². The number of fused-ring (bicyclic) bond motifs is 1. The molecule has 1 amide bonds. The molecule has 0 N–H and O–H groups in total. The SMILES string of the molecule is CN(C)c1ccc2c(c1)N(C(=O)OC(C)(C)C)CCC2=O. The lowest BCUT2D eigenvalue weighted by molar-refractivity contribution is 0.0577. The van der Waals surface area contributed by atoms with Gasteiger partial charge in [-0.25, -0.2) is 4.79 Å². The Labute approximate surface area is 125 Å². The van der Waals surface area contributed by atoms with Crippen molar-refractivity contribution in [3.63, 3.8) is 0 Å². The molecule has 0 spiro atoms. The highest BCUT2D eigenvalue weighted by Gasteiger charge is 2.30. The van der Waals surface area contributed by atoms with Gasteiger partial charge in [0.2, 0.25) is 0 Å². The van der Waals surface area contributed by atoms with Crippen LogP contribution >= 0.6 is 0 Å². The summed E-state index contributed by atoms with van der Waals surface area (Å²) in [6, 6.07) is 5.52. The van der Waals surface area contributed by atoms with Crippen LogP contribution in [-0.2, 0) is 4.74 Å². The number of hydrogen-bond acceptors (Lipinski definition) is 4. The molecular weight excluding hydrogens is 268 g/mol. The predicted molar refractivity (Wildman–Crippen MR) is 83.3 cm³/mol. The van der Waals surface area contributed by atoms with Crippen LogP contribution in [0.3, 0.4) is 0 Å². The lowest BCUT2D eigenvalue weighted by Gasteiger charge is -2.31. The molecule has 0 fully saturated rings. The minimum atomic E-state index is -0.558. The third kappa shape index (κ3) is 3.35. The summed E-state index contributed by atoms with van der Waals surface area (Å²) in [6.45, 7) is 5.85. The molecule has 1 heterocycles. The van der Waals surface area contributed by atoms with Crippen molar-refractivity contribution in [3.05, 3.63) is 23.8 Å². The fourth-order valence-electron chi connectivity index (χ4n) is 2.23. The molecule has 0 atom stereocenters. The van der Waals surface area contributed by atoms with E-state index in [-0.39, 0.29) is 5.78 Å². The van der Waals surface area contributed by atoms with Crippen molar-refractivity contribution < 1.29 is 14.3 Å². The predicted octanol–water partition coefficient (Wildman–Crippen LogP) is 3.08. The molecule has 1 aromatic rings. The third-order valence-corrected chi connectivity index (χ3v) is 3.27. The van der Waals surface area contributed by atoms with Gasteiger partial charge in [0.15, 0.2) is 5.78 Å². The molecule has 21 heavy (non-hydrogen) atoms. The molecule has 0 radical (unpaired) electrons. The molecule has 0 bridgehead atoms. The van der Waals surface area contributed by atoms with E-state index in [4.69, 9.17) is 4.74 Å². The van der Waals surface area contributed by atoms with Crippen molar-refractivity contribution in [3.8, 4) is 0 Å². The minimum Gasteiger partial charge on any atom is -0.443 e. The molecule has 2 rings (SSSR count). The van der Waals surface area contributed by atoms with Gasteiger partial charge in [0, 0.05) is 38.3 Å². The molecule has 5 heteroatoms. The van der Waals surface area contributed by atoms with Crippen LogP contribution in [0.5, 0.6) is 0 Å². The molecule has 1 aliphatic rings. The first-order valence-electron chi connectivity index (χ1n) is 7.04. The molecule has 0 saturated carbocycles. The molecule has 1 aliphatic heterocycles. The summed E-state index contributed by atoms with van der Waals surface area (Å²) in [5.41, 5.74) is 1.60. The number of carbonyl (C=O) groups excluding carboxylic acids is 2. The molecule has 0 aliphatic carbocycles. The molecular formula is C16H22N2O3. The van der Waals surface area contributed by atoms with Gasteiger partial charge in [-0.1, -0.05) is 0 Å². The maximum Gasteiger partial charge on any atom is 0.414 e. The van der Waals surface area contributed by atoms with E-state index in [2.05, 4.69) is 0 Å². The number of nitrogens with zero attached hydrogens (tertiary/aromatic N) is 2. The Morgan fingerprint density at radius 3 is 2.52 bits per heavy atom. The zero-order valence-corrected chi connectivity index (χ0v) is 13.3. The lowest BCUT2D eigenvalue weighted by atomic mass is 10.00. The average Bonchev–Trinajstić information content (AvgIpc) is 2.36. The van der Waals surface area contributed by atoms with Gasteiger partial charge in [0.1, 0.15) is 5.60 Å². The van der Waals surface area contributed by atoms with Gasteiger partial charge in [-0.2, -0.15) is 0 Å². The molecule has 0 unspecified atom stereocenters. The van der Waals surface area contributed by atoms with Crippen molar-refractivity contribution in [1.82, 2.24) is 0 Å². The molecule has 0 saturated heterocycles. The maximum absolute atomic E-state index is 12.3. The van der Waals surface area contributed by atoms with Gasteiger partial charge in [0.05, 0.1) is 5.69 Å². The molecule has 114 valence electrons. The van der Waals surface area contributed by atoms with E-state index in [1.165, 1.54) is 0 Å². The summed E-state index contributed by atoms with van der Waals surface area (Å²) in [5.74, 6) is 0.0649. The van der Waals surface area contributed by atoms with Crippen LogP contribution in [0.2, 0.25) is 0 Å². The summed E-state index contributed by atoms with van der Waals surface area (Å²) in [5, 5.41) is 0. The van der Waals surface area contributed by atoms with Crippen molar-refractivity contribution >= 4 is 23.3 Å². The smallest absolute Gasteiger partial charge is 0.414 e. The standard InChI is InChI=1S/C16H22N2O3/c1-16(2,3)21-15(20)18-9-8-14(19)12-7-6-11(17(4)5)10-13(12)18/h6-7,10H,8-9H2,1-5H3. The Hall–Kier alpha value is -2.04. The summed E-state index contributed by atoms with van der Waals surface area (Å²) < 4.78 is 5.43. The van der Waals surface area contributed by atoms with Crippen LogP contribution in [0, 0.1) is 0 Å². The van der Waals surface area contributed by atoms with Gasteiger partial charge in [-0.3, -0.25) is 9.69 Å². The highest BCUT2D eigenvalue weighted by atomic mass is 16.6. The van der Waals surface area contributed by atoms with E-state index < -0.39 is 11.7 Å². The summed E-state index contributed by atoms with van der Waals surface area (Å²) in [4.78, 5) is 27.9. The van der Waals surface area contributed by atoms with E-state index in [1.807, 2.05) is 51.9 Å². The zero-order valence-electron chi connectivity index (χ0n) is 13.3. The van der Waals surface area contributed by atoms with Gasteiger partial charge in [0.25, 0.3) is 0 Å². The second-order valence-electron chi connectivity index (χ2n) is 6.40. The molecule has 5 nitrogen and oxygen atoms in total. The number of ketones is 1. The third-order valence-electron chi connectivity index (χ3n) is 3.27. The van der Waals surface area contributed by atoms with Gasteiger partial charge in [-0.05, 0) is 39.0 Å². The van der Waals surface area contributed by atoms with Crippen LogP contribution in [0.1, 0.15) is 37.6 Å². The molecule has 0 aromatic heterocycles. The van der Waals surface area contributed by atoms with Crippen molar-refractivity contribution in [2.75, 3.05) is 30.4 Å². The summed E-state index contributed by atoms with van der Waals surface area (Å²) in [6.07, 6.45) is -0.0831. The van der Waals surface area contributed by atoms with Crippen LogP contribution in [0.25, 0.3) is 0 Å². The second-order valence-corrected chi connectivity index (χ2v) is 6.40. The number of anilines is 2. The Morgan fingerprint density at radius 1 is 1.29 bits per heavy atom. The Kier molecular flexibility index (Phi) is 3.94. The minimum absolute atomic E-state index is 0.0649. The lowest BCUT2D eigenvalue weighted by Crippen LogP contribution is -2.41. The van der Waals surface area contributed by atoms with Crippen LogP contribution in [0.15, 0.2) is 18.2 Å². The fraction of sp³-hybridized carbons (Fsp3) is 0.500. The fourth-order valence-corrected chi connectivity index (χ4v) is 2.23. The number of hydrogen-bond donors (Lipinski definition) is 0. The quantitative estimate of drug-likeness (QED) is 0.797. The largest absolute Gasteiger partial charge is 0.443 e. The Balaban J connectivity index is 2.39. The zero-order chi connectivity index (χ0) is 15.8. The number of benzene rings is 1. The Morgan fingerprint density at radius 2 is 1.95 bits per heavy atom. The normalized spacial score (nSPS) is 14.7. The first-order chi connectivity index (χ1) is 9.69. The van der Waals surface area contributed by atoms with E-state index >= 15 is 0 Å².